The van der Waals surface area contributed by atoms with E-state index in [9.17, 15) is 57.6 Å². The van der Waals surface area contributed by atoms with Gasteiger partial charge in [0.2, 0.25) is 0 Å². The first-order chi connectivity index (χ1) is 39.3. The third-order valence-corrected chi connectivity index (χ3v) is 18.0. The number of nitrogens with zero attached hydrogens (tertiary/aromatic N) is 11. The Hall–Kier alpha value is -6.49. The van der Waals surface area contributed by atoms with Crippen LogP contribution in [0.1, 0.15) is 69.7 Å². The number of amides is 1. The maximum atomic E-state index is 14.5. The number of anilines is 4. The summed E-state index contributed by atoms with van der Waals surface area (Å²) in [7, 11) is -9.72. The van der Waals surface area contributed by atoms with Gasteiger partial charge in [-0.15, -0.1) is 0 Å². The molecule has 2 aromatic carbocycles. The normalized spacial score (nSPS) is 18.9. The highest BCUT2D eigenvalue weighted by atomic mass is 35.5. The summed E-state index contributed by atoms with van der Waals surface area (Å²) in [5.41, 5.74) is -3.42. The van der Waals surface area contributed by atoms with Crippen LogP contribution in [0.2, 0.25) is 10.0 Å². The summed E-state index contributed by atoms with van der Waals surface area (Å²) in [4.78, 5) is 40.2. The first kappa shape index (κ1) is 64.1. The molecule has 4 aromatic rings. The van der Waals surface area contributed by atoms with Crippen molar-refractivity contribution in [3.05, 3.63) is 102 Å². The molecule has 0 bridgehead atoms. The Morgan fingerprint density at radius 2 is 1.19 bits per heavy atom. The van der Waals surface area contributed by atoms with Crippen LogP contribution < -0.4 is 35.7 Å². The Morgan fingerprint density at radius 1 is 0.747 bits per heavy atom. The van der Waals surface area contributed by atoms with Gasteiger partial charge < -0.3 is 30.2 Å². The molecule has 34 heteroatoms. The highest BCUT2D eigenvalue weighted by Gasteiger charge is 2.42. The van der Waals surface area contributed by atoms with E-state index in [-0.39, 0.29) is 107 Å². The van der Waals surface area contributed by atoms with Crippen LogP contribution in [-0.2, 0) is 34.6 Å². The molecule has 4 aliphatic heterocycles. The molecule has 0 saturated carbocycles. The van der Waals surface area contributed by atoms with Gasteiger partial charge in [-0.3, -0.25) is 14.5 Å². The molecule has 83 heavy (non-hydrogen) atoms. The number of rotatable bonds is 16. The molecule has 8 rings (SSSR count). The number of nitriles is 2. The maximum Gasteiger partial charge on any atom is 0.410 e. The van der Waals surface area contributed by atoms with Crippen molar-refractivity contribution in [1.82, 2.24) is 38.4 Å². The Kier molecular flexibility index (Phi) is 21.2. The van der Waals surface area contributed by atoms with Crippen molar-refractivity contribution in [2.75, 3.05) is 98.0 Å². The number of carbonyl (C=O) groups excluding carboxylic acids is 1. The van der Waals surface area contributed by atoms with Crippen molar-refractivity contribution in [3.63, 3.8) is 0 Å². The average Bonchev–Trinajstić information content (AvgIpc) is 3.60. The molecule has 2 aromatic heterocycles. The topological polar surface area (TPSA) is 283 Å². The van der Waals surface area contributed by atoms with Crippen molar-refractivity contribution in [2.45, 2.75) is 89.3 Å². The first-order valence-corrected chi connectivity index (χ1v) is 29.3. The first-order valence-electron chi connectivity index (χ1n) is 25.7. The van der Waals surface area contributed by atoms with Gasteiger partial charge in [0.05, 0.1) is 103 Å². The summed E-state index contributed by atoms with van der Waals surface area (Å²) in [6.07, 6.45) is 2.49. The maximum absolute atomic E-state index is 14.5. The number of hydrogen-bond acceptors (Lipinski definition) is 17. The zero-order chi connectivity index (χ0) is 60.6. The molecule has 4 aliphatic rings. The second kappa shape index (κ2) is 27.5. The predicted octanol–water partition coefficient (Wildman–Crippen LogP) is 5.48. The minimum atomic E-state index is -4.89. The van der Waals surface area contributed by atoms with E-state index in [0.717, 1.165) is 42.2 Å². The zero-order valence-corrected chi connectivity index (χ0v) is 47.9. The smallest absolute Gasteiger partial charge is 0.410 e. The van der Waals surface area contributed by atoms with Crippen LogP contribution in [0.25, 0.3) is 0 Å². The average molecular weight is 1250 g/mol. The lowest BCUT2D eigenvalue weighted by molar-refractivity contribution is -0.0291. The molecular weight excluding hydrogens is 1190 g/mol. The molecule has 0 spiro atoms. The lowest BCUT2D eigenvalue weighted by Crippen LogP contribution is -2.53. The lowest BCUT2D eigenvalue weighted by Gasteiger charge is -2.36. The predicted molar refractivity (Wildman–Crippen MR) is 291 cm³/mol. The molecular formula is C49H58Cl2F6N14O10S2. The summed E-state index contributed by atoms with van der Waals surface area (Å²) in [5, 5.41) is 35.3. The number of aromatic nitrogens is 4. The van der Waals surface area contributed by atoms with Crippen LogP contribution >= 0.6 is 23.2 Å². The van der Waals surface area contributed by atoms with Gasteiger partial charge in [0.1, 0.15) is 27.3 Å². The van der Waals surface area contributed by atoms with Crippen molar-refractivity contribution in [3.8, 4) is 12.1 Å². The Morgan fingerprint density at radius 3 is 1.59 bits per heavy atom. The Bertz CT molecular complexity index is 3410. The van der Waals surface area contributed by atoms with E-state index in [1.165, 1.54) is 17.3 Å². The van der Waals surface area contributed by atoms with E-state index < -0.39 is 97.5 Å². The van der Waals surface area contributed by atoms with E-state index in [0.29, 0.717) is 57.3 Å². The molecule has 0 unspecified atom stereocenters. The van der Waals surface area contributed by atoms with Gasteiger partial charge in [0, 0.05) is 58.4 Å². The molecule has 4 fully saturated rings. The van der Waals surface area contributed by atoms with Crippen molar-refractivity contribution < 1.29 is 62.2 Å². The molecule has 0 aliphatic carbocycles. The number of piperidine rings is 2. The fraction of sp³-hybridized carbons (Fsp3) is 0.531. The van der Waals surface area contributed by atoms with E-state index in [4.69, 9.17) is 47.9 Å². The van der Waals surface area contributed by atoms with Gasteiger partial charge in [0.15, 0.2) is 0 Å². The number of carbonyl (C=O) groups is 1. The minimum absolute atomic E-state index is 0.0342. The van der Waals surface area contributed by atoms with Crippen LogP contribution in [0.15, 0.2) is 58.4 Å². The molecule has 6 heterocycles. The van der Waals surface area contributed by atoms with Gasteiger partial charge in [-0.1, -0.05) is 23.2 Å². The number of ether oxygens (including phenoxy) is 3. The quantitative estimate of drug-likeness (QED) is 0.0924. The molecule has 2 atom stereocenters. The summed E-state index contributed by atoms with van der Waals surface area (Å²) in [6.45, 7) is 0.554. The summed E-state index contributed by atoms with van der Waals surface area (Å²) in [6, 6.07) is 6.89. The van der Waals surface area contributed by atoms with Gasteiger partial charge in [-0.05, 0) is 82.9 Å². The second-order valence-corrected chi connectivity index (χ2v) is 24.5. The highest BCUT2D eigenvalue weighted by molar-refractivity contribution is 7.90. The Labute approximate surface area is 483 Å². The van der Waals surface area contributed by atoms with Crippen LogP contribution in [0.3, 0.4) is 0 Å². The van der Waals surface area contributed by atoms with Crippen LogP contribution in [0.5, 0.6) is 0 Å². The summed E-state index contributed by atoms with van der Waals surface area (Å²) < 4.78 is 157. The third-order valence-electron chi connectivity index (χ3n) is 13.5. The van der Waals surface area contributed by atoms with Gasteiger partial charge >= 0.3 is 39.6 Å². The van der Waals surface area contributed by atoms with Gasteiger partial charge in [-0.2, -0.15) is 72.3 Å². The number of morpholine rings is 2. The number of halogens is 8. The van der Waals surface area contributed by atoms with Crippen LogP contribution in [0, 0.1) is 34.3 Å². The number of alkyl halides is 4. The largest absolute Gasteiger partial charge is 0.444 e. The summed E-state index contributed by atoms with van der Waals surface area (Å²) >= 11 is 12.7. The Balaban J connectivity index is 0.000000242. The van der Waals surface area contributed by atoms with E-state index in [2.05, 4.69) is 26.1 Å². The van der Waals surface area contributed by atoms with Gasteiger partial charge in [0.25, 0.3) is 11.1 Å². The van der Waals surface area contributed by atoms with Gasteiger partial charge in [-0.25, -0.2) is 22.9 Å². The fourth-order valence-electron chi connectivity index (χ4n) is 9.31. The fourth-order valence-corrected chi connectivity index (χ4v) is 12.7. The third kappa shape index (κ3) is 15.3. The molecule has 0 radical (unpaired) electrons. The molecule has 3 N–H and O–H groups in total. The van der Waals surface area contributed by atoms with Crippen LogP contribution in [-0.4, -0.2) is 166 Å². The van der Waals surface area contributed by atoms with Crippen molar-refractivity contribution in [2.24, 2.45) is 0 Å². The minimum Gasteiger partial charge on any atom is -0.444 e. The molecule has 4 saturated heterocycles. The van der Waals surface area contributed by atoms with Crippen molar-refractivity contribution >= 4 is 72.5 Å². The van der Waals surface area contributed by atoms with Crippen molar-refractivity contribution in [1.29, 1.82) is 10.5 Å². The second-order valence-electron chi connectivity index (χ2n) is 20.1. The molecule has 24 nitrogen and oxygen atoms in total. The lowest BCUT2D eigenvalue weighted by atomic mass is 10.1. The number of benzene rings is 2. The van der Waals surface area contributed by atoms with Crippen LogP contribution in [0.4, 0.5) is 53.9 Å². The van der Waals surface area contributed by atoms with E-state index >= 15 is 0 Å². The van der Waals surface area contributed by atoms with E-state index in [1.807, 2.05) is 0 Å². The molecule has 1 amide bonds. The van der Waals surface area contributed by atoms with E-state index in [1.54, 1.807) is 32.9 Å². The number of hydrogen-bond donors (Lipinski definition) is 3. The monoisotopic (exact) mass is 1250 g/mol. The molecule has 452 valence electrons. The SMILES string of the molecule is CC(C)(C)OC(=O)N1CCOC[C@@H]1CNc1cnn(C2CCN(S(=O)(=O)N(c3ccc(C#N)cc3F)C(F)F)CC2)c(=O)c1Cl.N#Cc1ccc(N(C(F)F)S(=O)(=O)N2CCC(n3ncc(NC[C@H]4COCCN4)c(Cl)c3=O)CC2)c(F)c1. The zero-order valence-electron chi connectivity index (χ0n) is 44.7. The summed E-state index contributed by atoms with van der Waals surface area (Å²) in [5.74, 6) is -2.56. The number of nitrogens with one attached hydrogen (secondary N) is 3. The standard InChI is InChI=1S/C27H33ClF3N7O6S.C22H25ClF3N7O4S/c1-27(2,3)44-26(40)36-10-11-43-16-19(36)14-33-21-15-34-37(24(39)23(21)28)18-6-8-35(9-7-18)45(41,42)38(25(30)31)22-5-4-17(13-32)12-20(22)29;23-20-18(29-11-15-13-37-8-5-28-15)12-30-32(21(20)34)16-3-6-31(7-4-16)38(35,36)33(22(25)26)19-2-1-14(10-27)9-17(19)24/h4-5,12,15,18-19,25,33H,6-11,14,16H2,1-3H3;1-2,9,12,15-16,22,28-29H,3-8,11,13H2/t19-;15-/m00/s1. The highest BCUT2D eigenvalue weighted by Crippen LogP contribution is 2.34.